The fourth-order valence-corrected chi connectivity index (χ4v) is 4.94. The number of furan rings is 1. The molecule has 1 aromatic carbocycles. The van der Waals surface area contributed by atoms with Gasteiger partial charge in [-0.2, -0.15) is 17.0 Å². The summed E-state index contributed by atoms with van der Waals surface area (Å²) >= 11 is 5.90. The third kappa shape index (κ3) is 4.25. The van der Waals surface area contributed by atoms with E-state index in [1.807, 2.05) is 26.0 Å². The summed E-state index contributed by atoms with van der Waals surface area (Å²) in [4.78, 5) is 14.4. The summed E-state index contributed by atoms with van der Waals surface area (Å²) in [6, 6.07) is 10.6. The molecule has 9 heteroatoms. The molecule has 1 amide bonds. The van der Waals surface area contributed by atoms with E-state index in [1.54, 1.807) is 29.2 Å². The van der Waals surface area contributed by atoms with Gasteiger partial charge < -0.3 is 9.32 Å². The van der Waals surface area contributed by atoms with Crippen molar-refractivity contribution in [2.75, 3.05) is 39.3 Å². The van der Waals surface area contributed by atoms with Gasteiger partial charge in [0, 0.05) is 49.9 Å². The molecule has 0 radical (unpaired) electrons. The van der Waals surface area contributed by atoms with Gasteiger partial charge in [0.25, 0.3) is 16.1 Å². The summed E-state index contributed by atoms with van der Waals surface area (Å²) in [5, 5.41) is 0.629. The maximum absolute atomic E-state index is 12.7. The fraction of sp³-hybridized carbons (Fsp3) is 0.421. The van der Waals surface area contributed by atoms with Crippen LogP contribution in [0.25, 0.3) is 11.3 Å². The van der Waals surface area contributed by atoms with Crippen molar-refractivity contribution in [3.05, 3.63) is 47.2 Å². The van der Waals surface area contributed by atoms with Crippen molar-refractivity contribution in [3.8, 4) is 11.3 Å². The molecule has 1 aromatic heterocycles. The molecule has 0 atom stereocenters. The lowest BCUT2D eigenvalue weighted by Gasteiger charge is -2.35. The quantitative estimate of drug-likeness (QED) is 0.713. The van der Waals surface area contributed by atoms with Gasteiger partial charge in [0.15, 0.2) is 5.76 Å². The van der Waals surface area contributed by atoms with E-state index >= 15 is 0 Å². The van der Waals surface area contributed by atoms with E-state index in [0.29, 0.717) is 37.0 Å². The monoisotopic (exact) mass is 425 g/mol. The van der Waals surface area contributed by atoms with E-state index in [1.165, 1.54) is 8.61 Å². The van der Waals surface area contributed by atoms with Crippen molar-refractivity contribution in [1.29, 1.82) is 0 Å². The van der Waals surface area contributed by atoms with Gasteiger partial charge in [0.1, 0.15) is 5.76 Å². The van der Waals surface area contributed by atoms with Crippen LogP contribution in [-0.4, -0.2) is 67.1 Å². The maximum atomic E-state index is 12.7. The molecule has 0 saturated carbocycles. The van der Waals surface area contributed by atoms with Crippen molar-refractivity contribution >= 4 is 27.7 Å². The summed E-state index contributed by atoms with van der Waals surface area (Å²) in [7, 11) is -3.48. The predicted molar refractivity (Wildman–Crippen MR) is 108 cm³/mol. The molecule has 1 fully saturated rings. The first-order valence-electron chi connectivity index (χ1n) is 9.27. The lowest BCUT2D eigenvalue weighted by Crippen LogP contribution is -2.54. The predicted octanol–water partition coefficient (Wildman–Crippen LogP) is 2.94. The van der Waals surface area contributed by atoms with Crippen LogP contribution in [0.5, 0.6) is 0 Å². The Morgan fingerprint density at radius 1 is 1.04 bits per heavy atom. The third-order valence-electron chi connectivity index (χ3n) is 4.83. The Hall–Kier alpha value is -1.87. The van der Waals surface area contributed by atoms with Crippen molar-refractivity contribution in [1.82, 2.24) is 13.5 Å². The molecule has 0 unspecified atom stereocenters. The molecular weight excluding hydrogens is 402 g/mol. The number of benzene rings is 1. The zero-order chi connectivity index (χ0) is 20.3. The summed E-state index contributed by atoms with van der Waals surface area (Å²) < 4.78 is 33.8. The van der Waals surface area contributed by atoms with Gasteiger partial charge in [-0.3, -0.25) is 4.79 Å². The average Bonchev–Trinajstić information content (AvgIpc) is 3.19. The number of carbonyl (C=O) groups is 1. The first-order valence-corrected chi connectivity index (χ1v) is 11.0. The molecule has 1 aliphatic rings. The fourth-order valence-electron chi connectivity index (χ4n) is 3.21. The van der Waals surface area contributed by atoms with Crippen LogP contribution in [0.1, 0.15) is 24.4 Å². The second kappa shape index (κ2) is 8.65. The molecular formula is C19H24ClN3O4S. The van der Waals surface area contributed by atoms with Crippen LogP contribution in [0.3, 0.4) is 0 Å². The Bertz CT molecular complexity index is 915. The maximum Gasteiger partial charge on any atom is 0.289 e. The Morgan fingerprint density at radius 2 is 1.64 bits per heavy atom. The van der Waals surface area contributed by atoms with Gasteiger partial charge in [0.05, 0.1) is 0 Å². The van der Waals surface area contributed by atoms with Crippen LogP contribution in [0.15, 0.2) is 40.8 Å². The second-order valence-corrected chi connectivity index (χ2v) is 8.82. The van der Waals surface area contributed by atoms with Gasteiger partial charge in [0.2, 0.25) is 0 Å². The largest absolute Gasteiger partial charge is 0.451 e. The Kier molecular flexibility index (Phi) is 6.44. The molecule has 2 heterocycles. The van der Waals surface area contributed by atoms with Crippen LogP contribution in [0, 0.1) is 0 Å². The number of nitrogens with zero attached hydrogens (tertiary/aromatic N) is 3. The van der Waals surface area contributed by atoms with Crippen LogP contribution >= 0.6 is 11.6 Å². The van der Waals surface area contributed by atoms with Crippen molar-refractivity contribution < 1.29 is 17.6 Å². The van der Waals surface area contributed by atoms with Crippen LogP contribution in [0.2, 0.25) is 5.02 Å². The topological polar surface area (TPSA) is 74.1 Å². The van der Waals surface area contributed by atoms with Crippen LogP contribution < -0.4 is 0 Å². The molecule has 0 bridgehead atoms. The van der Waals surface area contributed by atoms with Crippen LogP contribution in [0.4, 0.5) is 0 Å². The summed E-state index contributed by atoms with van der Waals surface area (Å²) in [5.74, 6) is 0.591. The number of amides is 1. The van der Waals surface area contributed by atoms with E-state index in [9.17, 15) is 13.2 Å². The molecule has 1 aliphatic heterocycles. The first kappa shape index (κ1) is 20.9. The highest BCUT2D eigenvalue weighted by molar-refractivity contribution is 7.86. The highest BCUT2D eigenvalue weighted by atomic mass is 35.5. The van der Waals surface area contributed by atoms with E-state index in [4.69, 9.17) is 16.0 Å². The molecule has 0 N–H and O–H groups in total. The molecule has 7 nitrogen and oxygen atoms in total. The van der Waals surface area contributed by atoms with Gasteiger partial charge in [-0.1, -0.05) is 25.4 Å². The smallest absolute Gasteiger partial charge is 0.289 e. The van der Waals surface area contributed by atoms with E-state index in [0.717, 1.165) is 5.56 Å². The zero-order valence-electron chi connectivity index (χ0n) is 16.0. The van der Waals surface area contributed by atoms with Crippen molar-refractivity contribution in [2.45, 2.75) is 13.8 Å². The van der Waals surface area contributed by atoms with Gasteiger partial charge in [-0.05, 0) is 36.4 Å². The molecule has 0 spiro atoms. The minimum atomic E-state index is -3.48. The average molecular weight is 426 g/mol. The number of piperazine rings is 1. The van der Waals surface area contributed by atoms with Crippen molar-refractivity contribution in [2.24, 2.45) is 0 Å². The normalized spacial score (nSPS) is 15.9. The lowest BCUT2D eigenvalue weighted by molar-refractivity contribution is 0.0663. The number of carbonyl (C=O) groups excluding carboxylic acids is 1. The molecule has 3 rings (SSSR count). The van der Waals surface area contributed by atoms with Crippen molar-refractivity contribution in [3.63, 3.8) is 0 Å². The third-order valence-corrected chi connectivity index (χ3v) is 7.27. The molecule has 1 saturated heterocycles. The first-order chi connectivity index (χ1) is 13.4. The van der Waals surface area contributed by atoms with E-state index in [-0.39, 0.29) is 24.8 Å². The molecule has 2 aromatic rings. The number of hydrogen-bond acceptors (Lipinski definition) is 4. The van der Waals surface area contributed by atoms with Gasteiger partial charge in [-0.15, -0.1) is 0 Å². The minimum Gasteiger partial charge on any atom is -0.451 e. The highest BCUT2D eigenvalue weighted by Gasteiger charge is 2.33. The lowest BCUT2D eigenvalue weighted by atomic mass is 10.2. The summed E-state index contributed by atoms with van der Waals surface area (Å²) in [6.07, 6.45) is 0. The molecule has 28 heavy (non-hydrogen) atoms. The Labute approximate surface area is 170 Å². The SMILES string of the molecule is CCN(CC)S(=O)(=O)N1CCN(C(=O)c2ccc(-c3ccc(Cl)cc3)o2)CC1. The molecule has 152 valence electrons. The Balaban J connectivity index is 1.65. The Morgan fingerprint density at radius 3 is 2.21 bits per heavy atom. The van der Waals surface area contributed by atoms with E-state index in [2.05, 4.69) is 0 Å². The number of hydrogen-bond donors (Lipinski definition) is 0. The van der Waals surface area contributed by atoms with Gasteiger partial charge >= 0.3 is 0 Å². The minimum absolute atomic E-state index is 0.236. The summed E-state index contributed by atoms with van der Waals surface area (Å²) in [5.41, 5.74) is 0.832. The summed E-state index contributed by atoms with van der Waals surface area (Å²) in [6.45, 7) is 5.69. The number of rotatable bonds is 6. The standard InChI is InChI=1S/C19H24ClN3O4S/c1-3-22(4-2)28(25,26)23-13-11-21(12-14-23)19(24)18-10-9-17(27-18)15-5-7-16(20)8-6-15/h5-10H,3-4,11-14H2,1-2H3. The second-order valence-electron chi connectivity index (χ2n) is 6.45. The van der Waals surface area contributed by atoms with Gasteiger partial charge in [-0.25, -0.2) is 0 Å². The van der Waals surface area contributed by atoms with E-state index < -0.39 is 10.2 Å². The zero-order valence-corrected chi connectivity index (χ0v) is 17.5. The number of halogens is 1. The van der Waals surface area contributed by atoms with Crippen LogP contribution in [-0.2, 0) is 10.2 Å². The molecule has 0 aliphatic carbocycles. The highest BCUT2D eigenvalue weighted by Crippen LogP contribution is 2.25.